The lowest BCUT2D eigenvalue weighted by molar-refractivity contribution is -0.127. The van der Waals surface area contributed by atoms with Crippen molar-refractivity contribution in [3.05, 3.63) is 23.3 Å². The number of aryl methyl sites for hydroxylation is 1. The molecular weight excluding hydrogens is 304 g/mol. The third-order valence-electron chi connectivity index (χ3n) is 4.45. The second-order valence-electron chi connectivity index (χ2n) is 6.51. The number of aliphatic hydroxyl groups excluding tert-OH is 1. The number of phenolic OH excluding ortho intramolecular Hbond substituents is 1. The van der Waals surface area contributed by atoms with Crippen LogP contribution in [0.1, 0.15) is 69.4 Å². The van der Waals surface area contributed by atoms with Gasteiger partial charge in [-0.05, 0) is 36.6 Å². The van der Waals surface area contributed by atoms with E-state index in [9.17, 15) is 15.0 Å². The number of carbonyl (C=O) groups excluding carboxylic acids is 1. The molecule has 1 rings (SSSR count). The predicted octanol–water partition coefficient (Wildman–Crippen LogP) is 4.32. The Morgan fingerprint density at radius 3 is 2.38 bits per heavy atom. The molecular formula is C20H32O4. The van der Waals surface area contributed by atoms with Crippen LogP contribution in [0.4, 0.5) is 0 Å². The van der Waals surface area contributed by atoms with Crippen molar-refractivity contribution in [1.29, 1.82) is 0 Å². The molecule has 0 spiro atoms. The van der Waals surface area contributed by atoms with Crippen LogP contribution in [0.25, 0.3) is 0 Å². The van der Waals surface area contributed by atoms with Gasteiger partial charge in [0.15, 0.2) is 17.3 Å². The van der Waals surface area contributed by atoms with Crippen LogP contribution in [0, 0.1) is 6.92 Å². The van der Waals surface area contributed by atoms with Gasteiger partial charge in [-0.2, -0.15) is 0 Å². The van der Waals surface area contributed by atoms with Crippen molar-refractivity contribution < 1.29 is 19.7 Å². The Hall–Kier alpha value is -1.55. The normalized spacial score (nSPS) is 12.2. The van der Waals surface area contributed by atoms with E-state index < -0.39 is 6.10 Å². The third-order valence-corrected chi connectivity index (χ3v) is 4.45. The number of ether oxygens (including phenoxy) is 1. The number of methoxy groups -OCH3 is 1. The number of benzene rings is 1. The monoisotopic (exact) mass is 336 g/mol. The highest BCUT2D eigenvalue weighted by Gasteiger charge is 2.17. The summed E-state index contributed by atoms with van der Waals surface area (Å²) in [7, 11) is 1.48. The van der Waals surface area contributed by atoms with Crippen LogP contribution < -0.4 is 4.74 Å². The summed E-state index contributed by atoms with van der Waals surface area (Å²) in [6.45, 7) is 4.05. The van der Waals surface area contributed by atoms with Gasteiger partial charge in [0.2, 0.25) is 0 Å². The maximum Gasteiger partial charge on any atom is 0.161 e. The molecule has 0 heterocycles. The fourth-order valence-electron chi connectivity index (χ4n) is 2.84. The molecule has 0 aliphatic heterocycles. The van der Waals surface area contributed by atoms with E-state index in [2.05, 4.69) is 6.92 Å². The Kier molecular flexibility index (Phi) is 9.46. The molecule has 0 aliphatic carbocycles. The molecule has 0 saturated carbocycles. The molecule has 4 heteroatoms. The largest absolute Gasteiger partial charge is 0.504 e. The molecule has 0 aliphatic rings. The lowest BCUT2D eigenvalue weighted by Crippen LogP contribution is -2.23. The number of unbranched alkanes of at least 4 members (excludes halogenated alkanes) is 6. The molecule has 0 saturated heterocycles. The average molecular weight is 336 g/mol. The number of hydrogen-bond acceptors (Lipinski definition) is 4. The first-order chi connectivity index (χ1) is 11.5. The summed E-state index contributed by atoms with van der Waals surface area (Å²) < 4.78 is 5.09. The molecule has 0 aromatic heterocycles. The standard InChI is InChI=1S/C20H32O4/c1-4-5-6-7-8-9-10-11-17(21)18(22)13-16-14-20(24-3)19(23)12-15(16)2/h12,14,18,22-23H,4-11,13H2,1-3H3. The first-order valence-corrected chi connectivity index (χ1v) is 9.06. The maximum absolute atomic E-state index is 12.1. The Bertz CT molecular complexity index is 511. The van der Waals surface area contributed by atoms with Gasteiger partial charge >= 0.3 is 0 Å². The number of ketones is 1. The minimum atomic E-state index is -0.988. The van der Waals surface area contributed by atoms with Crippen molar-refractivity contribution in [3.63, 3.8) is 0 Å². The zero-order valence-corrected chi connectivity index (χ0v) is 15.3. The third kappa shape index (κ3) is 6.91. The number of hydrogen-bond donors (Lipinski definition) is 2. The lowest BCUT2D eigenvalue weighted by atomic mass is 9.97. The van der Waals surface area contributed by atoms with Crippen molar-refractivity contribution in [2.24, 2.45) is 0 Å². The van der Waals surface area contributed by atoms with Crippen LogP contribution in [0.5, 0.6) is 11.5 Å². The van der Waals surface area contributed by atoms with Crippen LogP contribution in [-0.4, -0.2) is 29.2 Å². The summed E-state index contributed by atoms with van der Waals surface area (Å²) in [6.07, 6.45) is 7.80. The molecule has 4 nitrogen and oxygen atoms in total. The molecule has 0 fully saturated rings. The van der Waals surface area contributed by atoms with Crippen LogP contribution in [-0.2, 0) is 11.2 Å². The van der Waals surface area contributed by atoms with Crippen LogP contribution in [0.3, 0.4) is 0 Å². The minimum Gasteiger partial charge on any atom is -0.504 e. The van der Waals surface area contributed by atoms with Gasteiger partial charge in [0, 0.05) is 12.8 Å². The van der Waals surface area contributed by atoms with Gasteiger partial charge in [-0.15, -0.1) is 0 Å². The van der Waals surface area contributed by atoms with E-state index in [0.717, 1.165) is 30.4 Å². The first kappa shape index (κ1) is 20.5. The van der Waals surface area contributed by atoms with Gasteiger partial charge in [0.25, 0.3) is 0 Å². The molecule has 0 bridgehead atoms. The highest BCUT2D eigenvalue weighted by Crippen LogP contribution is 2.29. The van der Waals surface area contributed by atoms with Gasteiger partial charge in [0.1, 0.15) is 6.10 Å². The summed E-state index contributed by atoms with van der Waals surface area (Å²) >= 11 is 0. The smallest absolute Gasteiger partial charge is 0.161 e. The molecule has 0 amide bonds. The van der Waals surface area contributed by atoms with Crippen molar-refractivity contribution in [2.45, 2.75) is 77.7 Å². The highest BCUT2D eigenvalue weighted by molar-refractivity contribution is 5.83. The van der Waals surface area contributed by atoms with Crippen molar-refractivity contribution in [2.75, 3.05) is 7.11 Å². The molecule has 1 unspecified atom stereocenters. The first-order valence-electron chi connectivity index (χ1n) is 9.06. The average Bonchev–Trinajstić information content (AvgIpc) is 2.56. The maximum atomic E-state index is 12.1. The number of aliphatic hydroxyl groups is 1. The Morgan fingerprint density at radius 1 is 1.12 bits per heavy atom. The van der Waals surface area contributed by atoms with E-state index in [4.69, 9.17) is 4.74 Å². The summed E-state index contributed by atoms with van der Waals surface area (Å²) in [5.74, 6) is 0.333. The Balaban J connectivity index is 2.39. The summed E-state index contributed by atoms with van der Waals surface area (Å²) in [5.41, 5.74) is 1.67. The molecule has 2 N–H and O–H groups in total. The van der Waals surface area contributed by atoms with Gasteiger partial charge < -0.3 is 14.9 Å². The fourth-order valence-corrected chi connectivity index (χ4v) is 2.84. The van der Waals surface area contributed by atoms with E-state index in [1.54, 1.807) is 12.1 Å². The summed E-state index contributed by atoms with van der Waals surface area (Å²) in [6, 6.07) is 3.29. The molecule has 136 valence electrons. The number of rotatable bonds is 12. The second-order valence-corrected chi connectivity index (χ2v) is 6.51. The van der Waals surface area contributed by atoms with Crippen LogP contribution in [0.2, 0.25) is 0 Å². The quantitative estimate of drug-likeness (QED) is 0.558. The fraction of sp³-hybridized carbons (Fsp3) is 0.650. The van der Waals surface area contributed by atoms with E-state index in [0.29, 0.717) is 12.2 Å². The SMILES string of the molecule is CCCCCCCCCC(=O)C(O)Cc1cc(OC)c(O)cc1C. The molecule has 0 radical (unpaired) electrons. The number of carbonyl (C=O) groups is 1. The molecule has 1 aromatic carbocycles. The van der Waals surface area contributed by atoms with Crippen molar-refractivity contribution in [1.82, 2.24) is 0 Å². The van der Waals surface area contributed by atoms with Gasteiger partial charge in [0.05, 0.1) is 7.11 Å². The van der Waals surface area contributed by atoms with Crippen molar-refractivity contribution in [3.8, 4) is 11.5 Å². The van der Waals surface area contributed by atoms with E-state index >= 15 is 0 Å². The zero-order valence-electron chi connectivity index (χ0n) is 15.3. The number of Topliss-reactive ketones (excluding diaryl/α,β-unsaturated/α-hetero) is 1. The zero-order chi connectivity index (χ0) is 17.9. The predicted molar refractivity (Wildman–Crippen MR) is 96.7 cm³/mol. The summed E-state index contributed by atoms with van der Waals surface area (Å²) in [4.78, 5) is 12.1. The van der Waals surface area contributed by atoms with Gasteiger partial charge in [-0.3, -0.25) is 4.79 Å². The van der Waals surface area contributed by atoms with E-state index in [-0.39, 0.29) is 18.0 Å². The minimum absolute atomic E-state index is 0.0719. The van der Waals surface area contributed by atoms with Gasteiger partial charge in [-0.1, -0.05) is 45.4 Å². The second kappa shape index (κ2) is 11.1. The molecule has 1 atom stereocenters. The number of phenols is 1. The molecule has 1 aromatic rings. The van der Waals surface area contributed by atoms with E-state index in [1.807, 2.05) is 6.92 Å². The Morgan fingerprint density at radius 2 is 1.75 bits per heavy atom. The summed E-state index contributed by atoms with van der Waals surface area (Å²) in [5, 5.41) is 19.9. The Labute approximate surface area is 145 Å². The molecule has 24 heavy (non-hydrogen) atoms. The lowest BCUT2D eigenvalue weighted by Gasteiger charge is -2.14. The van der Waals surface area contributed by atoms with Crippen LogP contribution >= 0.6 is 0 Å². The van der Waals surface area contributed by atoms with Crippen LogP contribution in [0.15, 0.2) is 12.1 Å². The van der Waals surface area contributed by atoms with E-state index in [1.165, 1.54) is 32.8 Å². The topological polar surface area (TPSA) is 66.8 Å². The van der Waals surface area contributed by atoms with Gasteiger partial charge in [-0.25, -0.2) is 0 Å². The van der Waals surface area contributed by atoms with Crippen molar-refractivity contribution >= 4 is 5.78 Å². The number of aromatic hydroxyl groups is 1. The highest BCUT2D eigenvalue weighted by atomic mass is 16.5.